The summed E-state index contributed by atoms with van der Waals surface area (Å²) >= 11 is 0. The van der Waals surface area contributed by atoms with Crippen LogP contribution in [0.25, 0.3) is 0 Å². The normalized spacial score (nSPS) is 32.1. The Morgan fingerprint density at radius 2 is 1.64 bits per heavy atom. The van der Waals surface area contributed by atoms with E-state index in [2.05, 4.69) is 5.25 Å². The van der Waals surface area contributed by atoms with Gasteiger partial charge in [0.15, 0.2) is 0 Å². The molecule has 1 heterocycles. The zero-order valence-electron chi connectivity index (χ0n) is 9.23. The molecule has 0 amide bonds. The standard InChI is InChI=1S/C7H18NO4PSi/c1-6-7(2)11-13(9,10-6)8-12-14(3,4)5/h6-7H,1-5H3,(H,8,9)/t6-,7-/m1/s1. The van der Waals surface area contributed by atoms with Crippen molar-refractivity contribution in [1.29, 1.82) is 0 Å². The van der Waals surface area contributed by atoms with Gasteiger partial charge in [-0.1, -0.05) is 0 Å². The number of hydrogen-bond acceptors (Lipinski definition) is 4. The molecule has 0 aromatic carbocycles. The summed E-state index contributed by atoms with van der Waals surface area (Å²) in [4.78, 5) is 0. The van der Waals surface area contributed by atoms with Crippen molar-refractivity contribution in [2.45, 2.75) is 45.7 Å². The second-order valence-corrected chi connectivity index (χ2v) is 10.5. The topological polar surface area (TPSA) is 56.8 Å². The van der Waals surface area contributed by atoms with Crippen LogP contribution in [0.1, 0.15) is 13.8 Å². The lowest BCUT2D eigenvalue weighted by molar-refractivity contribution is 0.187. The van der Waals surface area contributed by atoms with Gasteiger partial charge in [-0.2, -0.15) is 0 Å². The van der Waals surface area contributed by atoms with Crippen LogP contribution >= 0.6 is 7.75 Å². The van der Waals surface area contributed by atoms with Gasteiger partial charge in [-0.3, -0.25) is 9.05 Å². The van der Waals surface area contributed by atoms with Crippen LogP contribution in [0.3, 0.4) is 0 Å². The Balaban J connectivity index is 2.49. The van der Waals surface area contributed by atoms with Crippen LogP contribution in [0.2, 0.25) is 19.6 Å². The Labute approximate surface area is 85.8 Å². The van der Waals surface area contributed by atoms with E-state index >= 15 is 0 Å². The van der Waals surface area contributed by atoms with Gasteiger partial charge in [0, 0.05) is 0 Å². The molecule has 1 saturated heterocycles. The van der Waals surface area contributed by atoms with Gasteiger partial charge in [0.25, 0.3) is 0 Å². The van der Waals surface area contributed by atoms with Crippen LogP contribution in [0.4, 0.5) is 0 Å². The lowest BCUT2D eigenvalue weighted by atomic mass is 10.3. The van der Waals surface area contributed by atoms with Gasteiger partial charge in [-0.25, -0.2) is 4.57 Å². The molecule has 0 aliphatic carbocycles. The minimum Gasteiger partial charge on any atom is -0.336 e. The molecular formula is C7H18NO4PSi. The molecule has 7 heteroatoms. The third-order valence-electron chi connectivity index (χ3n) is 1.73. The molecule has 0 aromatic heterocycles. The molecule has 1 fully saturated rings. The largest absolute Gasteiger partial charge is 0.428 e. The van der Waals surface area contributed by atoms with Gasteiger partial charge < -0.3 is 4.53 Å². The minimum absolute atomic E-state index is 0.168. The Morgan fingerprint density at radius 3 is 2.00 bits per heavy atom. The van der Waals surface area contributed by atoms with Crippen molar-refractivity contribution < 1.29 is 18.1 Å². The Bertz CT molecular complexity index is 241. The highest BCUT2D eigenvalue weighted by molar-refractivity contribution is 7.51. The van der Waals surface area contributed by atoms with E-state index in [0.717, 1.165) is 0 Å². The maximum Gasteiger partial charge on any atom is 0.428 e. The third-order valence-corrected chi connectivity index (χ3v) is 4.16. The second kappa shape index (κ2) is 4.04. The van der Waals surface area contributed by atoms with E-state index in [0.29, 0.717) is 0 Å². The lowest BCUT2D eigenvalue weighted by Gasteiger charge is -2.19. The van der Waals surface area contributed by atoms with Crippen molar-refractivity contribution in [3.05, 3.63) is 0 Å². The molecule has 0 bridgehead atoms. The van der Waals surface area contributed by atoms with Crippen LogP contribution in [0.15, 0.2) is 0 Å². The summed E-state index contributed by atoms with van der Waals surface area (Å²) in [5, 5.41) is 2.43. The smallest absolute Gasteiger partial charge is 0.336 e. The molecule has 0 saturated carbocycles. The zero-order valence-corrected chi connectivity index (χ0v) is 11.1. The first kappa shape index (κ1) is 12.4. The van der Waals surface area contributed by atoms with Gasteiger partial charge in [0.2, 0.25) is 8.32 Å². The average Bonchev–Trinajstić information content (AvgIpc) is 2.23. The molecule has 0 unspecified atom stereocenters. The van der Waals surface area contributed by atoms with Gasteiger partial charge >= 0.3 is 7.75 Å². The van der Waals surface area contributed by atoms with E-state index < -0.39 is 16.1 Å². The van der Waals surface area contributed by atoms with Crippen LogP contribution in [-0.4, -0.2) is 20.5 Å². The Hall–Kier alpha value is 0.287. The molecule has 0 spiro atoms. The summed E-state index contributed by atoms with van der Waals surface area (Å²) < 4.78 is 27.5. The lowest BCUT2D eigenvalue weighted by Crippen LogP contribution is -2.32. The quantitative estimate of drug-likeness (QED) is 0.465. The first-order chi connectivity index (χ1) is 6.22. The molecule has 14 heavy (non-hydrogen) atoms. The summed E-state index contributed by atoms with van der Waals surface area (Å²) in [5.74, 6) is 0. The van der Waals surface area contributed by atoms with Crippen LogP contribution < -0.4 is 5.25 Å². The van der Waals surface area contributed by atoms with Crippen LogP contribution in [0.5, 0.6) is 0 Å². The predicted octanol–water partition coefficient (Wildman–Crippen LogP) is 2.27. The van der Waals surface area contributed by atoms with Crippen LogP contribution in [0, 0.1) is 0 Å². The summed E-state index contributed by atoms with van der Waals surface area (Å²) in [6, 6.07) is 0. The average molecular weight is 239 g/mol. The van der Waals surface area contributed by atoms with Gasteiger partial charge in [-0.05, 0) is 33.5 Å². The van der Waals surface area contributed by atoms with E-state index in [-0.39, 0.29) is 12.2 Å². The van der Waals surface area contributed by atoms with Crippen molar-refractivity contribution >= 4 is 16.1 Å². The highest BCUT2D eigenvalue weighted by Crippen LogP contribution is 2.52. The molecule has 0 aromatic rings. The van der Waals surface area contributed by atoms with Gasteiger partial charge in [-0.15, -0.1) is 5.25 Å². The molecule has 1 aliphatic heterocycles. The summed E-state index contributed by atoms with van der Waals surface area (Å²) in [6.45, 7) is 9.58. The van der Waals surface area contributed by atoms with E-state index in [4.69, 9.17) is 13.6 Å². The summed E-state index contributed by atoms with van der Waals surface area (Å²) in [6.07, 6.45) is -0.336. The third kappa shape index (κ3) is 3.45. The monoisotopic (exact) mass is 239 g/mol. The van der Waals surface area contributed by atoms with Crippen LogP contribution in [-0.2, 0) is 18.1 Å². The zero-order chi connectivity index (χ0) is 11.0. The van der Waals surface area contributed by atoms with E-state index in [1.807, 2.05) is 33.5 Å². The molecule has 84 valence electrons. The van der Waals surface area contributed by atoms with Crippen molar-refractivity contribution in [1.82, 2.24) is 5.25 Å². The van der Waals surface area contributed by atoms with E-state index in [1.54, 1.807) is 0 Å². The first-order valence-corrected chi connectivity index (χ1v) is 9.59. The maximum atomic E-state index is 11.8. The maximum absolute atomic E-state index is 11.8. The molecule has 2 atom stereocenters. The predicted molar refractivity (Wildman–Crippen MR) is 56.3 cm³/mol. The number of hydrogen-bond donors (Lipinski definition) is 1. The highest BCUT2D eigenvalue weighted by atomic mass is 31.2. The van der Waals surface area contributed by atoms with Gasteiger partial charge in [0.05, 0.1) is 12.2 Å². The first-order valence-electron chi connectivity index (χ1n) is 4.64. The Morgan fingerprint density at radius 1 is 1.21 bits per heavy atom. The summed E-state index contributed by atoms with van der Waals surface area (Å²) in [7, 11) is -4.98. The van der Waals surface area contributed by atoms with E-state index in [1.165, 1.54) is 0 Å². The molecule has 5 nitrogen and oxygen atoms in total. The van der Waals surface area contributed by atoms with Crippen molar-refractivity contribution in [2.75, 3.05) is 0 Å². The number of nitrogens with one attached hydrogen (secondary N) is 1. The molecule has 1 rings (SSSR count). The SMILES string of the molecule is C[C@H]1OP(=O)(NO[Si](C)(C)C)O[C@@H]1C. The Kier molecular flexibility index (Phi) is 3.56. The minimum atomic E-state index is -3.22. The number of rotatable bonds is 3. The molecule has 1 aliphatic rings. The highest BCUT2D eigenvalue weighted by Gasteiger charge is 2.41. The van der Waals surface area contributed by atoms with Crippen molar-refractivity contribution in [3.63, 3.8) is 0 Å². The second-order valence-electron chi connectivity index (χ2n) is 4.42. The van der Waals surface area contributed by atoms with Crippen molar-refractivity contribution in [2.24, 2.45) is 0 Å². The fourth-order valence-corrected chi connectivity index (χ4v) is 3.77. The van der Waals surface area contributed by atoms with Crippen molar-refractivity contribution in [3.8, 4) is 0 Å². The molecule has 1 N–H and O–H groups in total. The molecule has 0 radical (unpaired) electrons. The fourth-order valence-electron chi connectivity index (χ4n) is 0.870. The van der Waals surface area contributed by atoms with Gasteiger partial charge in [0.1, 0.15) is 0 Å². The van der Waals surface area contributed by atoms with E-state index in [9.17, 15) is 4.57 Å². The summed E-state index contributed by atoms with van der Waals surface area (Å²) in [5.41, 5.74) is 0. The fraction of sp³-hybridized carbons (Fsp3) is 1.00. The molecular weight excluding hydrogens is 221 g/mol.